The number of rotatable bonds is 4. The van der Waals surface area contributed by atoms with Crippen LogP contribution in [0.5, 0.6) is 5.75 Å². The van der Waals surface area contributed by atoms with Crippen molar-refractivity contribution in [3.8, 4) is 5.75 Å². The van der Waals surface area contributed by atoms with Gasteiger partial charge in [0.05, 0.1) is 17.8 Å². The Labute approximate surface area is 139 Å². The van der Waals surface area contributed by atoms with Gasteiger partial charge in [-0.2, -0.15) is 0 Å². The highest BCUT2D eigenvalue weighted by Gasteiger charge is 2.35. The average molecular weight is 330 g/mol. The minimum Gasteiger partial charge on any atom is -0.491 e. The van der Waals surface area contributed by atoms with Gasteiger partial charge < -0.3 is 9.64 Å². The summed E-state index contributed by atoms with van der Waals surface area (Å²) >= 11 is 5.89. The molecule has 2 aromatic rings. The van der Waals surface area contributed by atoms with Gasteiger partial charge in [-0.25, -0.2) is 0 Å². The quantitative estimate of drug-likeness (QED) is 0.806. The number of hydrogen-bond donors (Lipinski definition) is 0. The Hall–Kier alpha value is -2.33. The van der Waals surface area contributed by atoms with E-state index in [1.54, 1.807) is 12.1 Å². The fourth-order valence-electron chi connectivity index (χ4n) is 2.62. The van der Waals surface area contributed by atoms with E-state index in [0.29, 0.717) is 29.4 Å². The molecular formula is C18H16ClNO3. The minimum atomic E-state index is -0.535. The molecule has 118 valence electrons. The number of carbonyl (C=O) groups excluding carboxylic acids is 2. The zero-order valence-corrected chi connectivity index (χ0v) is 13.7. The Morgan fingerprint density at radius 3 is 2.70 bits per heavy atom. The molecule has 5 heteroatoms. The monoisotopic (exact) mass is 329 g/mol. The van der Waals surface area contributed by atoms with Gasteiger partial charge in [0.15, 0.2) is 0 Å². The van der Waals surface area contributed by atoms with Crippen LogP contribution < -0.4 is 9.64 Å². The number of aryl methyl sites for hydroxylation is 1. The predicted molar refractivity (Wildman–Crippen MR) is 89.5 cm³/mol. The standard InChI is InChI=1S/C18H16ClNO3/c1-11-4-3-5-16(12(11)2)23-9-8-20-15-7-6-13(19)10-14(15)17(21)18(20)22/h3-7,10H,8-9H2,1-2H3. The third-order valence-electron chi connectivity index (χ3n) is 4.06. The van der Waals surface area contributed by atoms with E-state index in [1.807, 2.05) is 32.0 Å². The Balaban J connectivity index is 1.73. The Morgan fingerprint density at radius 2 is 1.91 bits per heavy atom. The molecule has 3 rings (SSSR count). The number of Topliss-reactive ketones (excluding diaryl/α,β-unsaturated/α-hetero) is 1. The largest absolute Gasteiger partial charge is 0.491 e. The molecule has 1 amide bonds. The molecule has 4 nitrogen and oxygen atoms in total. The number of nitrogens with zero attached hydrogens (tertiary/aromatic N) is 1. The lowest BCUT2D eigenvalue weighted by molar-refractivity contribution is -0.114. The molecule has 1 aliphatic heterocycles. The fourth-order valence-corrected chi connectivity index (χ4v) is 2.79. The first-order valence-corrected chi connectivity index (χ1v) is 7.71. The molecule has 0 aliphatic carbocycles. The summed E-state index contributed by atoms with van der Waals surface area (Å²) in [7, 11) is 0. The number of hydrogen-bond acceptors (Lipinski definition) is 3. The zero-order valence-electron chi connectivity index (χ0n) is 12.9. The van der Waals surface area contributed by atoms with Gasteiger partial charge >= 0.3 is 0 Å². The van der Waals surface area contributed by atoms with E-state index in [-0.39, 0.29) is 0 Å². The van der Waals surface area contributed by atoms with Crippen LogP contribution in [0.15, 0.2) is 36.4 Å². The molecule has 1 aliphatic rings. The summed E-state index contributed by atoms with van der Waals surface area (Å²) < 4.78 is 5.77. The minimum absolute atomic E-state index is 0.311. The van der Waals surface area contributed by atoms with Crippen LogP contribution in [-0.4, -0.2) is 24.8 Å². The molecule has 0 aromatic heterocycles. The van der Waals surface area contributed by atoms with Gasteiger partial charge in [0.2, 0.25) is 0 Å². The molecule has 23 heavy (non-hydrogen) atoms. The van der Waals surface area contributed by atoms with Crippen molar-refractivity contribution in [1.29, 1.82) is 0 Å². The van der Waals surface area contributed by atoms with Gasteiger partial charge in [-0.1, -0.05) is 23.7 Å². The number of halogens is 1. The second-order valence-electron chi connectivity index (χ2n) is 5.49. The molecule has 0 bridgehead atoms. The summed E-state index contributed by atoms with van der Waals surface area (Å²) in [5.41, 5.74) is 3.17. The van der Waals surface area contributed by atoms with Crippen LogP contribution in [0.4, 0.5) is 5.69 Å². The van der Waals surface area contributed by atoms with Gasteiger partial charge in [0.1, 0.15) is 12.4 Å². The molecule has 1 heterocycles. The maximum atomic E-state index is 12.1. The number of benzene rings is 2. The third-order valence-corrected chi connectivity index (χ3v) is 4.30. The lowest BCUT2D eigenvalue weighted by atomic mass is 10.1. The number of amides is 1. The first-order valence-electron chi connectivity index (χ1n) is 7.34. The van der Waals surface area contributed by atoms with E-state index >= 15 is 0 Å². The summed E-state index contributed by atoms with van der Waals surface area (Å²) in [6, 6.07) is 10.7. The van der Waals surface area contributed by atoms with Gasteiger partial charge in [0, 0.05) is 5.02 Å². The van der Waals surface area contributed by atoms with Crippen molar-refractivity contribution in [2.45, 2.75) is 13.8 Å². The summed E-state index contributed by atoms with van der Waals surface area (Å²) in [6.07, 6.45) is 0. The summed E-state index contributed by atoms with van der Waals surface area (Å²) in [5, 5.41) is 0.443. The number of anilines is 1. The smallest absolute Gasteiger partial charge is 0.299 e. The molecule has 0 unspecified atom stereocenters. The lowest BCUT2D eigenvalue weighted by Gasteiger charge is -2.18. The molecule has 0 fully saturated rings. The molecule has 0 N–H and O–H groups in total. The first-order chi connectivity index (χ1) is 11.0. The number of carbonyl (C=O) groups is 2. The lowest BCUT2D eigenvalue weighted by Crippen LogP contribution is -2.33. The van der Waals surface area contributed by atoms with Gasteiger partial charge in [-0.05, 0) is 49.2 Å². The maximum Gasteiger partial charge on any atom is 0.299 e. The zero-order chi connectivity index (χ0) is 16.6. The van der Waals surface area contributed by atoms with E-state index in [2.05, 4.69) is 0 Å². The van der Waals surface area contributed by atoms with Crippen LogP contribution in [0.1, 0.15) is 21.5 Å². The van der Waals surface area contributed by atoms with E-state index in [9.17, 15) is 9.59 Å². The van der Waals surface area contributed by atoms with Gasteiger partial charge in [0.25, 0.3) is 11.7 Å². The van der Waals surface area contributed by atoms with Crippen molar-refractivity contribution < 1.29 is 14.3 Å². The van der Waals surface area contributed by atoms with Crippen LogP contribution in [0.3, 0.4) is 0 Å². The summed E-state index contributed by atoms with van der Waals surface area (Å²) in [5.74, 6) is -0.264. The Bertz CT molecular complexity index is 801. The molecule has 0 atom stereocenters. The maximum absolute atomic E-state index is 12.1. The van der Waals surface area contributed by atoms with Crippen LogP contribution in [0.2, 0.25) is 5.02 Å². The van der Waals surface area contributed by atoms with E-state index in [0.717, 1.165) is 16.9 Å². The summed E-state index contributed by atoms with van der Waals surface area (Å²) in [6.45, 7) is 4.63. The average Bonchev–Trinajstić information content (AvgIpc) is 2.76. The van der Waals surface area contributed by atoms with Crippen molar-refractivity contribution in [3.63, 3.8) is 0 Å². The highest BCUT2D eigenvalue weighted by molar-refractivity contribution is 6.52. The van der Waals surface area contributed by atoms with Crippen molar-refractivity contribution in [2.75, 3.05) is 18.1 Å². The van der Waals surface area contributed by atoms with Crippen LogP contribution in [0.25, 0.3) is 0 Å². The Kier molecular flexibility index (Phi) is 4.09. The second-order valence-corrected chi connectivity index (χ2v) is 5.93. The third kappa shape index (κ3) is 2.82. The second kappa shape index (κ2) is 6.05. The van der Waals surface area contributed by atoms with Gasteiger partial charge in [-0.15, -0.1) is 0 Å². The van der Waals surface area contributed by atoms with E-state index < -0.39 is 11.7 Å². The van der Waals surface area contributed by atoms with Crippen LogP contribution >= 0.6 is 11.6 Å². The molecule has 0 saturated heterocycles. The SMILES string of the molecule is Cc1cccc(OCCN2C(=O)C(=O)c3cc(Cl)ccc32)c1C. The molecule has 0 saturated carbocycles. The molecule has 2 aromatic carbocycles. The van der Waals surface area contributed by atoms with Gasteiger partial charge in [-0.3, -0.25) is 9.59 Å². The molecule has 0 spiro atoms. The van der Waals surface area contributed by atoms with E-state index in [1.165, 1.54) is 11.0 Å². The van der Waals surface area contributed by atoms with Crippen molar-refractivity contribution in [3.05, 3.63) is 58.1 Å². The summed E-state index contributed by atoms with van der Waals surface area (Å²) in [4.78, 5) is 25.6. The number of ketones is 1. The number of fused-ring (bicyclic) bond motifs is 1. The highest BCUT2D eigenvalue weighted by atomic mass is 35.5. The Morgan fingerprint density at radius 1 is 1.13 bits per heavy atom. The van der Waals surface area contributed by atoms with Crippen molar-refractivity contribution >= 4 is 29.0 Å². The highest BCUT2D eigenvalue weighted by Crippen LogP contribution is 2.31. The van der Waals surface area contributed by atoms with Crippen molar-refractivity contribution in [2.24, 2.45) is 0 Å². The van der Waals surface area contributed by atoms with Crippen molar-refractivity contribution in [1.82, 2.24) is 0 Å². The predicted octanol–water partition coefficient (Wildman–Crippen LogP) is 3.57. The first kappa shape index (κ1) is 15.6. The van der Waals surface area contributed by atoms with Crippen LogP contribution in [0, 0.1) is 13.8 Å². The molecule has 0 radical (unpaired) electrons. The van der Waals surface area contributed by atoms with E-state index in [4.69, 9.17) is 16.3 Å². The number of ether oxygens (including phenoxy) is 1. The van der Waals surface area contributed by atoms with Crippen LogP contribution in [-0.2, 0) is 4.79 Å². The topological polar surface area (TPSA) is 46.6 Å². The fraction of sp³-hybridized carbons (Fsp3) is 0.222. The normalized spacial score (nSPS) is 13.4. The molecular weight excluding hydrogens is 314 g/mol.